The minimum absolute atomic E-state index is 0.220. The lowest BCUT2D eigenvalue weighted by atomic mass is 10.1. The summed E-state index contributed by atoms with van der Waals surface area (Å²) in [7, 11) is 2.13. The molecule has 31 heavy (non-hydrogen) atoms. The van der Waals surface area contributed by atoms with Crippen LogP contribution in [0.1, 0.15) is 43.4 Å². The van der Waals surface area contributed by atoms with E-state index in [0.29, 0.717) is 19.5 Å². The highest BCUT2D eigenvalue weighted by atomic mass is 16.2. The molecule has 0 unspecified atom stereocenters. The SMILES string of the molecule is CCNC(=NCc1cccc(CN(C)CC)c1)NCc1ccc(N2CCCC2=O)cc1. The predicted octanol–water partition coefficient (Wildman–Crippen LogP) is 3.52. The lowest BCUT2D eigenvalue weighted by molar-refractivity contribution is -0.117. The second-order valence-corrected chi connectivity index (χ2v) is 8.01. The molecule has 166 valence electrons. The van der Waals surface area contributed by atoms with E-state index in [1.54, 1.807) is 0 Å². The van der Waals surface area contributed by atoms with Crippen molar-refractivity contribution in [3.8, 4) is 0 Å². The van der Waals surface area contributed by atoms with Crippen molar-refractivity contribution in [3.63, 3.8) is 0 Å². The molecule has 0 bridgehead atoms. The molecule has 6 heteroatoms. The lowest BCUT2D eigenvalue weighted by Gasteiger charge is -2.16. The van der Waals surface area contributed by atoms with Crippen molar-refractivity contribution in [1.29, 1.82) is 0 Å². The number of aliphatic imine (C=N–C) groups is 1. The van der Waals surface area contributed by atoms with Crippen molar-refractivity contribution in [2.45, 2.75) is 46.3 Å². The third-order valence-corrected chi connectivity index (χ3v) is 5.53. The number of carbonyl (C=O) groups excluding carboxylic acids is 1. The van der Waals surface area contributed by atoms with Crippen molar-refractivity contribution in [2.75, 3.05) is 31.6 Å². The van der Waals surface area contributed by atoms with Gasteiger partial charge in [0.15, 0.2) is 5.96 Å². The first kappa shape index (κ1) is 22.8. The van der Waals surface area contributed by atoms with Gasteiger partial charge in [0.2, 0.25) is 5.91 Å². The molecular weight excluding hydrogens is 386 g/mol. The van der Waals surface area contributed by atoms with Gasteiger partial charge in [-0.3, -0.25) is 4.79 Å². The molecule has 1 heterocycles. The van der Waals surface area contributed by atoms with Crippen molar-refractivity contribution < 1.29 is 4.79 Å². The van der Waals surface area contributed by atoms with Gasteiger partial charge in [0.25, 0.3) is 0 Å². The van der Waals surface area contributed by atoms with E-state index >= 15 is 0 Å². The van der Waals surface area contributed by atoms with Gasteiger partial charge in [0, 0.05) is 38.3 Å². The smallest absolute Gasteiger partial charge is 0.227 e. The Balaban J connectivity index is 1.57. The highest BCUT2D eigenvalue weighted by molar-refractivity contribution is 5.95. The van der Waals surface area contributed by atoms with Gasteiger partial charge < -0.3 is 20.4 Å². The first-order valence-electron chi connectivity index (χ1n) is 11.3. The molecule has 1 aliphatic heterocycles. The topological polar surface area (TPSA) is 60.0 Å². The molecule has 6 nitrogen and oxygen atoms in total. The second kappa shape index (κ2) is 11.5. The summed E-state index contributed by atoms with van der Waals surface area (Å²) in [5.74, 6) is 1.02. The van der Waals surface area contributed by atoms with Crippen LogP contribution in [0, 0.1) is 0 Å². The van der Waals surface area contributed by atoms with Crippen LogP contribution in [0.2, 0.25) is 0 Å². The van der Waals surface area contributed by atoms with E-state index in [2.05, 4.69) is 72.8 Å². The maximum Gasteiger partial charge on any atom is 0.227 e. The molecule has 0 radical (unpaired) electrons. The molecule has 1 fully saturated rings. The predicted molar refractivity (Wildman–Crippen MR) is 128 cm³/mol. The van der Waals surface area contributed by atoms with Gasteiger partial charge in [-0.05, 0) is 55.8 Å². The summed E-state index contributed by atoms with van der Waals surface area (Å²) in [6.45, 7) is 9.17. The second-order valence-electron chi connectivity index (χ2n) is 8.01. The number of anilines is 1. The molecule has 1 saturated heterocycles. The molecule has 0 aromatic heterocycles. The van der Waals surface area contributed by atoms with E-state index < -0.39 is 0 Å². The van der Waals surface area contributed by atoms with Gasteiger partial charge in [-0.25, -0.2) is 4.99 Å². The zero-order valence-corrected chi connectivity index (χ0v) is 19.0. The molecule has 1 amide bonds. The number of nitrogens with zero attached hydrogens (tertiary/aromatic N) is 3. The number of guanidine groups is 1. The van der Waals surface area contributed by atoms with E-state index in [4.69, 9.17) is 4.99 Å². The third kappa shape index (κ3) is 6.82. The number of hydrogen-bond donors (Lipinski definition) is 2. The summed E-state index contributed by atoms with van der Waals surface area (Å²) < 4.78 is 0. The number of amides is 1. The number of rotatable bonds is 9. The standard InChI is InChI=1S/C25H35N5O/c1-4-26-25(28-18-21-8-6-9-22(16-21)19-29(3)5-2)27-17-20-11-13-23(14-12-20)30-15-7-10-24(30)31/h6,8-9,11-14,16H,4-5,7,10,15,17-19H2,1-3H3,(H2,26,27,28). The normalized spacial score (nSPS) is 14.4. The van der Waals surface area contributed by atoms with Crippen molar-refractivity contribution in [1.82, 2.24) is 15.5 Å². The van der Waals surface area contributed by atoms with Crippen molar-refractivity contribution in [3.05, 3.63) is 65.2 Å². The average Bonchev–Trinajstić information content (AvgIpc) is 3.22. The van der Waals surface area contributed by atoms with E-state index in [9.17, 15) is 4.79 Å². The molecule has 2 aromatic rings. The first-order chi connectivity index (χ1) is 15.1. The number of hydrogen-bond acceptors (Lipinski definition) is 3. The fraction of sp³-hybridized carbons (Fsp3) is 0.440. The van der Waals surface area contributed by atoms with Crippen LogP contribution < -0.4 is 15.5 Å². The molecule has 0 spiro atoms. The molecule has 1 aliphatic rings. The largest absolute Gasteiger partial charge is 0.357 e. The fourth-order valence-corrected chi connectivity index (χ4v) is 3.66. The summed E-state index contributed by atoms with van der Waals surface area (Å²) in [5.41, 5.74) is 4.66. The number of benzene rings is 2. The minimum atomic E-state index is 0.220. The number of carbonyl (C=O) groups is 1. The maximum atomic E-state index is 11.9. The Morgan fingerprint density at radius 1 is 1.06 bits per heavy atom. The molecule has 2 aromatic carbocycles. The third-order valence-electron chi connectivity index (χ3n) is 5.53. The van der Waals surface area contributed by atoms with Crippen LogP contribution in [0.15, 0.2) is 53.5 Å². The Morgan fingerprint density at radius 3 is 2.52 bits per heavy atom. The average molecular weight is 422 g/mol. The van der Waals surface area contributed by atoms with Gasteiger partial charge in [0.1, 0.15) is 0 Å². The summed E-state index contributed by atoms with van der Waals surface area (Å²) in [6.07, 6.45) is 1.60. The van der Waals surface area contributed by atoms with Crippen LogP contribution in [0.4, 0.5) is 5.69 Å². The zero-order chi connectivity index (χ0) is 22.1. The van der Waals surface area contributed by atoms with Gasteiger partial charge in [-0.2, -0.15) is 0 Å². The van der Waals surface area contributed by atoms with Crippen LogP contribution in [-0.4, -0.2) is 43.4 Å². The van der Waals surface area contributed by atoms with Gasteiger partial charge in [0.05, 0.1) is 6.54 Å². The summed E-state index contributed by atoms with van der Waals surface area (Å²) in [5, 5.41) is 6.73. The Kier molecular flexibility index (Phi) is 8.47. The highest BCUT2D eigenvalue weighted by Crippen LogP contribution is 2.21. The Bertz CT molecular complexity index is 878. The highest BCUT2D eigenvalue weighted by Gasteiger charge is 2.21. The van der Waals surface area contributed by atoms with Gasteiger partial charge in [-0.1, -0.05) is 43.3 Å². The quantitative estimate of drug-likeness (QED) is 0.480. The Labute approximate surface area is 186 Å². The molecule has 0 atom stereocenters. The van der Waals surface area contributed by atoms with E-state index in [0.717, 1.165) is 49.8 Å². The maximum absolute atomic E-state index is 11.9. The van der Waals surface area contributed by atoms with Crippen LogP contribution in [0.3, 0.4) is 0 Å². The zero-order valence-electron chi connectivity index (χ0n) is 19.0. The van der Waals surface area contributed by atoms with E-state index in [1.165, 1.54) is 11.1 Å². The molecule has 2 N–H and O–H groups in total. The lowest BCUT2D eigenvalue weighted by Crippen LogP contribution is -2.36. The molecule has 0 aliphatic carbocycles. The first-order valence-corrected chi connectivity index (χ1v) is 11.3. The van der Waals surface area contributed by atoms with Crippen LogP contribution in [0.25, 0.3) is 0 Å². The van der Waals surface area contributed by atoms with Gasteiger partial charge in [-0.15, -0.1) is 0 Å². The minimum Gasteiger partial charge on any atom is -0.357 e. The van der Waals surface area contributed by atoms with E-state index in [-0.39, 0.29) is 5.91 Å². The monoisotopic (exact) mass is 421 g/mol. The van der Waals surface area contributed by atoms with Crippen LogP contribution in [-0.2, 0) is 24.4 Å². The van der Waals surface area contributed by atoms with Crippen molar-refractivity contribution >= 4 is 17.6 Å². The van der Waals surface area contributed by atoms with E-state index in [1.807, 2.05) is 17.0 Å². The summed E-state index contributed by atoms with van der Waals surface area (Å²) >= 11 is 0. The summed E-state index contributed by atoms with van der Waals surface area (Å²) in [4.78, 5) is 20.8. The van der Waals surface area contributed by atoms with Crippen molar-refractivity contribution in [2.24, 2.45) is 4.99 Å². The van der Waals surface area contributed by atoms with Crippen LogP contribution in [0.5, 0.6) is 0 Å². The molecular formula is C25H35N5O. The van der Waals surface area contributed by atoms with Gasteiger partial charge >= 0.3 is 0 Å². The molecule has 0 saturated carbocycles. The molecule has 3 rings (SSSR count). The Morgan fingerprint density at radius 2 is 1.84 bits per heavy atom. The summed E-state index contributed by atoms with van der Waals surface area (Å²) in [6, 6.07) is 16.8. The fourth-order valence-electron chi connectivity index (χ4n) is 3.66. The number of nitrogens with one attached hydrogen (secondary N) is 2. The van der Waals surface area contributed by atoms with Crippen LogP contribution >= 0.6 is 0 Å². The Hall–Kier alpha value is -2.86.